The molecule has 4 rings (SSSR count). The Balaban J connectivity index is 1.56. The molecule has 150 valence electrons. The van der Waals surface area contributed by atoms with Crippen LogP contribution in [0.2, 0.25) is 0 Å². The molecular weight excluding hydrogens is 368 g/mol. The zero-order valence-corrected chi connectivity index (χ0v) is 16.5. The molecule has 2 aromatic heterocycles. The minimum atomic E-state index is -0.212. The lowest BCUT2D eigenvalue weighted by molar-refractivity contribution is 0.0951. The topological polar surface area (TPSA) is 86.1 Å². The van der Waals surface area contributed by atoms with Crippen molar-refractivity contribution in [3.8, 4) is 5.88 Å². The standard InChI is InChI=1S/C22H24N4O3/c1-29-20-10-7-15(13-23-20)14-24-21(27)16-8-9-17-18(12-16)25-19-6-4-2-3-5-11-26(19)22(17)28/h7-10,12-13H,2-6,11,14H2,1H3,(H,24,27). The van der Waals surface area contributed by atoms with Gasteiger partial charge in [-0.25, -0.2) is 9.97 Å². The zero-order valence-electron chi connectivity index (χ0n) is 16.5. The Morgan fingerprint density at radius 3 is 2.83 bits per heavy atom. The summed E-state index contributed by atoms with van der Waals surface area (Å²) in [5, 5.41) is 3.44. The van der Waals surface area contributed by atoms with Crippen molar-refractivity contribution in [3.05, 3.63) is 63.8 Å². The van der Waals surface area contributed by atoms with Gasteiger partial charge >= 0.3 is 0 Å². The van der Waals surface area contributed by atoms with Crippen LogP contribution in [-0.4, -0.2) is 27.6 Å². The Kier molecular flexibility index (Phi) is 5.55. The molecule has 0 radical (unpaired) electrons. The van der Waals surface area contributed by atoms with E-state index >= 15 is 0 Å². The number of aryl methyl sites for hydroxylation is 1. The average molecular weight is 392 g/mol. The number of hydrogen-bond donors (Lipinski definition) is 1. The van der Waals surface area contributed by atoms with E-state index in [9.17, 15) is 9.59 Å². The van der Waals surface area contributed by atoms with Gasteiger partial charge < -0.3 is 10.1 Å². The van der Waals surface area contributed by atoms with Gasteiger partial charge in [-0.3, -0.25) is 14.2 Å². The van der Waals surface area contributed by atoms with E-state index in [1.54, 1.807) is 42.1 Å². The number of nitrogens with zero attached hydrogens (tertiary/aromatic N) is 3. The molecule has 0 saturated heterocycles. The Morgan fingerprint density at radius 2 is 2.03 bits per heavy atom. The lowest BCUT2D eigenvalue weighted by Gasteiger charge is -2.16. The van der Waals surface area contributed by atoms with Crippen LogP contribution in [0.25, 0.3) is 10.9 Å². The lowest BCUT2D eigenvalue weighted by atomic mass is 10.1. The SMILES string of the molecule is COc1ccc(CNC(=O)c2ccc3c(=O)n4c(nc3c2)CCCCCC4)cn1. The van der Waals surface area contributed by atoms with Crippen molar-refractivity contribution >= 4 is 16.8 Å². The Morgan fingerprint density at radius 1 is 1.17 bits per heavy atom. The fourth-order valence-electron chi connectivity index (χ4n) is 3.66. The van der Waals surface area contributed by atoms with Crippen LogP contribution in [0.4, 0.5) is 0 Å². The number of carbonyl (C=O) groups excluding carboxylic acids is 1. The van der Waals surface area contributed by atoms with Gasteiger partial charge in [-0.2, -0.15) is 0 Å². The molecule has 1 aliphatic heterocycles. The number of fused-ring (bicyclic) bond motifs is 2. The second-order valence-corrected chi connectivity index (χ2v) is 7.27. The van der Waals surface area contributed by atoms with Gasteiger partial charge in [-0.05, 0) is 36.6 Å². The smallest absolute Gasteiger partial charge is 0.261 e. The van der Waals surface area contributed by atoms with Crippen LogP contribution >= 0.6 is 0 Å². The van der Waals surface area contributed by atoms with E-state index < -0.39 is 0 Å². The summed E-state index contributed by atoms with van der Waals surface area (Å²) >= 11 is 0. The molecule has 3 heterocycles. The van der Waals surface area contributed by atoms with Crippen LogP contribution < -0.4 is 15.6 Å². The molecule has 1 aromatic carbocycles. The van der Waals surface area contributed by atoms with Crippen LogP contribution in [-0.2, 0) is 19.5 Å². The van der Waals surface area contributed by atoms with Gasteiger partial charge in [0.05, 0.1) is 18.0 Å². The fourth-order valence-corrected chi connectivity index (χ4v) is 3.66. The van der Waals surface area contributed by atoms with Crippen molar-refractivity contribution < 1.29 is 9.53 Å². The number of aromatic nitrogens is 3. The van der Waals surface area contributed by atoms with Gasteiger partial charge in [0.1, 0.15) is 5.82 Å². The number of rotatable bonds is 4. The molecule has 7 heteroatoms. The van der Waals surface area contributed by atoms with Gasteiger partial charge in [0.25, 0.3) is 11.5 Å². The molecule has 0 saturated carbocycles. The summed E-state index contributed by atoms with van der Waals surface area (Å²) < 4.78 is 6.84. The average Bonchev–Trinajstić information content (AvgIpc) is 2.73. The molecule has 1 aliphatic rings. The van der Waals surface area contributed by atoms with Crippen molar-refractivity contribution in [3.63, 3.8) is 0 Å². The van der Waals surface area contributed by atoms with Crippen molar-refractivity contribution in [2.45, 2.75) is 45.2 Å². The first-order chi connectivity index (χ1) is 14.2. The van der Waals surface area contributed by atoms with Crippen LogP contribution in [0, 0.1) is 0 Å². The van der Waals surface area contributed by atoms with E-state index in [1.165, 1.54) is 0 Å². The molecule has 0 unspecified atom stereocenters. The van der Waals surface area contributed by atoms with E-state index in [-0.39, 0.29) is 11.5 Å². The van der Waals surface area contributed by atoms with Gasteiger partial charge in [0.15, 0.2) is 0 Å². The largest absolute Gasteiger partial charge is 0.481 e. The number of ether oxygens (including phenoxy) is 1. The lowest BCUT2D eigenvalue weighted by Crippen LogP contribution is -2.27. The third kappa shape index (κ3) is 4.13. The van der Waals surface area contributed by atoms with Crippen molar-refractivity contribution in [1.82, 2.24) is 19.9 Å². The third-order valence-electron chi connectivity index (χ3n) is 5.29. The first-order valence-electron chi connectivity index (χ1n) is 9.96. The molecule has 1 N–H and O–H groups in total. The summed E-state index contributed by atoms with van der Waals surface area (Å²) in [5.74, 6) is 1.14. The summed E-state index contributed by atoms with van der Waals surface area (Å²) in [6.45, 7) is 1.07. The molecule has 0 spiro atoms. The van der Waals surface area contributed by atoms with Gasteiger partial charge in [0.2, 0.25) is 5.88 Å². The zero-order chi connectivity index (χ0) is 20.2. The highest BCUT2D eigenvalue weighted by atomic mass is 16.5. The maximum Gasteiger partial charge on any atom is 0.261 e. The molecule has 1 amide bonds. The number of pyridine rings is 1. The normalized spacial score (nSPS) is 14.0. The maximum atomic E-state index is 12.9. The number of carbonyl (C=O) groups is 1. The highest BCUT2D eigenvalue weighted by molar-refractivity contribution is 5.97. The molecule has 3 aromatic rings. The highest BCUT2D eigenvalue weighted by Gasteiger charge is 2.15. The summed E-state index contributed by atoms with van der Waals surface area (Å²) in [6, 6.07) is 8.71. The van der Waals surface area contributed by atoms with Crippen molar-refractivity contribution in [2.75, 3.05) is 7.11 Å². The first kappa shape index (κ1) is 19.1. The van der Waals surface area contributed by atoms with Crippen molar-refractivity contribution in [1.29, 1.82) is 0 Å². The number of methoxy groups -OCH3 is 1. The van der Waals surface area contributed by atoms with E-state index in [0.29, 0.717) is 28.9 Å². The molecule has 0 aliphatic carbocycles. The third-order valence-corrected chi connectivity index (χ3v) is 5.29. The second kappa shape index (κ2) is 8.43. The fraction of sp³-hybridized carbons (Fsp3) is 0.364. The molecule has 0 bridgehead atoms. The summed E-state index contributed by atoms with van der Waals surface area (Å²) in [5.41, 5.74) is 1.93. The van der Waals surface area contributed by atoms with E-state index in [1.807, 2.05) is 6.07 Å². The highest BCUT2D eigenvalue weighted by Crippen LogP contribution is 2.16. The molecule has 0 atom stereocenters. The Labute approximate surface area is 168 Å². The van der Waals surface area contributed by atoms with E-state index in [0.717, 1.165) is 50.0 Å². The summed E-state index contributed by atoms with van der Waals surface area (Å²) in [4.78, 5) is 34.3. The van der Waals surface area contributed by atoms with Gasteiger partial charge in [-0.15, -0.1) is 0 Å². The maximum absolute atomic E-state index is 12.9. The Hall–Kier alpha value is -3.22. The first-order valence-corrected chi connectivity index (χ1v) is 9.96. The van der Waals surface area contributed by atoms with E-state index in [2.05, 4.69) is 10.3 Å². The quantitative estimate of drug-likeness (QED) is 0.738. The van der Waals surface area contributed by atoms with Crippen LogP contribution in [0.3, 0.4) is 0 Å². The molecule has 0 fully saturated rings. The van der Waals surface area contributed by atoms with Crippen LogP contribution in [0.15, 0.2) is 41.3 Å². The summed E-state index contributed by atoms with van der Waals surface area (Å²) in [7, 11) is 1.56. The predicted molar refractivity (Wildman–Crippen MR) is 110 cm³/mol. The molecule has 29 heavy (non-hydrogen) atoms. The minimum Gasteiger partial charge on any atom is -0.481 e. The predicted octanol–water partition coefficient (Wildman–Crippen LogP) is 2.85. The number of nitrogens with one attached hydrogen (secondary N) is 1. The van der Waals surface area contributed by atoms with E-state index in [4.69, 9.17) is 9.72 Å². The Bertz CT molecular complexity index is 1090. The molecule has 7 nitrogen and oxygen atoms in total. The number of hydrogen-bond acceptors (Lipinski definition) is 5. The van der Waals surface area contributed by atoms with Crippen LogP contribution in [0.5, 0.6) is 5.88 Å². The second-order valence-electron chi connectivity index (χ2n) is 7.27. The van der Waals surface area contributed by atoms with Crippen molar-refractivity contribution in [2.24, 2.45) is 0 Å². The molecular formula is C22H24N4O3. The number of amides is 1. The van der Waals surface area contributed by atoms with Gasteiger partial charge in [-0.1, -0.05) is 18.9 Å². The minimum absolute atomic E-state index is 0.0110. The monoisotopic (exact) mass is 392 g/mol. The van der Waals surface area contributed by atoms with Crippen LogP contribution in [0.1, 0.15) is 47.4 Å². The number of benzene rings is 1. The summed E-state index contributed by atoms with van der Waals surface area (Å²) in [6.07, 6.45) is 6.81. The van der Waals surface area contributed by atoms with Gasteiger partial charge in [0, 0.05) is 37.3 Å².